The second-order valence-electron chi connectivity index (χ2n) is 5.21. The Morgan fingerprint density at radius 3 is 2.37 bits per heavy atom. The van der Waals surface area contributed by atoms with Crippen molar-refractivity contribution in [2.45, 2.75) is 37.9 Å². The summed E-state index contributed by atoms with van der Waals surface area (Å²) < 4.78 is 38.4. The molecule has 2 nitrogen and oxygen atoms in total. The largest absolute Gasteiger partial charge is 0.418 e. The second kappa shape index (κ2) is 5.82. The lowest BCUT2D eigenvalue weighted by Gasteiger charge is -2.27. The quantitative estimate of drug-likeness (QED) is 0.881. The van der Waals surface area contributed by atoms with Crippen LogP contribution in [0.3, 0.4) is 0 Å². The first-order valence-electron chi connectivity index (χ1n) is 6.62. The fourth-order valence-corrected chi connectivity index (χ4v) is 2.53. The number of benzene rings is 1. The number of hydrogen-bond donors (Lipinski definition) is 2. The maximum absolute atomic E-state index is 12.8. The summed E-state index contributed by atoms with van der Waals surface area (Å²) >= 11 is 0. The van der Waals surface area contributed by atoms with E-state index in [2.05, 4.69) is 5.32 Å². The van der Waals surface area contributed by atoms with Gasteiger partial charge in [-0.25, -0.2) is 0 Å². The van der Waals surface area contributed by atoms with Gasteiger partial charge in [-0.15, -0.1) is 0 Å². The Bertz CT molecular complexity index is 409. The van der Waals surface area contributed by atoms with Gasteiger partial charge in [0.25, 0.3) is 0 Å². The molecule has 0 radical (unpaired) electrons. The number of halogens is 3. The number of anilines is 1. The maximum atomic E-state index is 12.8. The summed E-state index contributed by atoms with van der Waals surface area (Å²) in [5.74, 6) is 0.418. The molecular weight excluding hydrogens is 253 g/mol. The van der Waals surface area contributed by atoms with Gasteiger partial charge in [0.05, 0.1) is 5.56 Å². The van der Waals surface area contributed by atoms with E-state index in [0.29, 0.717) is 12.5 Å². The molecule has 1 aromatic carbocycles. The Labute approximate surface area is 111 Å². The fourth-order valence-electron chi connectivity index (χ4n) is 2.53. The molecule has 0 atom stereocenters. The fraction of sp³-hybridized carbons (Fsp3) is 0.571. The lowest BCUT2D eigenvalue weighted by atomic mass is 9.86. The topological polar surface area (TPSA) is 38.0 Å². The first-order chi connectivity index (χ1) is 8.97. The molecular formula is C14H19F3N2. The van der Waals surface area contributed by atoms with E-state index in [9.17, 15) is 13.2 Å². The average Bonchev–Trinajstić information content (AvgIpc) is 2.37. The normalized spacial score (nSPS) is 24.2. The number of nitrogens with two attached hydrogens (primary N) is 1. The summed E-state index contributed by atoms with van der Waals surface area (Å²) in [4.78, 5) is 0. The number of hydrogen-bond acceptors (Lipinski definition) is 2. The van der Waals surface area contributed by atoms with Crippen LogP contribution in [0.15, 0.2) is 24.3 Å². The van der Waals surface area contributed by atoms with Gasteiger partial charge in [-0.2, -0.15) is 13.2 Å². The lowest BCUT2D eigenvalue weighted by molar-refractivity contribution is -0.136. The van der Waals surface area contributed by atoms with Crippen molar-refractivity contribution >= 4 is 5.69 Å². The van der Waals surface area contributed by atoms with Gasteiger partial charge in [0.15, 0.2) is 0 Å². The third-order valence-corrected chi connectivity index (χ3v) is 3.71. The van der Waals surface area contributed by atoms with E-state index in [1.165, 1.54) is 12.1 Å². The Balaban J connectivity index is 1.96. The van der Waals surface area contributed by atoms with E-state index in [1.54, 1.807) is 6.07 Å². The molecule has 1 aliphatic carbocycles. The number of nitrogens with one attached hydrogen (secondary N) is 1. The summed E-state index contributed by atoms with van der Waals surface area (Å²) in [5.41, 5.74) is 5.39. The summed E-state index contributed by atoms with van der Waals surface area (Å²) in [7, 11) is 0. The molecule has 0 amide bonds. The van der Waals surface area contributed by atoms with Gasteiger partial charge in [0, 0.05) is 18.3 Å². The smallest absolute Gasteiger partial charge is 0.384 e. The first kappa shape index (κ1) is 14.2. The van der Waals surface area contributed by atoms with Gasteiger partial charge < -0.3 is 11.1 Å². The molecule has 2 rings (SSSR count). The Morgan fingerprint density at radius 1 is 1.11 bits per heavy atom. The zero-order valence-electron chi connectivity index (χ0n) is 10.7. The van der Waals surface area contributed by atoms with Crippen molar-refractivity contribution < 1.29 is 13.2 Å². The Morgan fingerprint density at radius 2 is 1.74 bits per heavy atom. The zero-order valence-corrected chi connectivity index (χ0v) is 10.7. The predicted octanol–water partition coefficient (Wildman–Crippen LogP) is 3.63. The number of alkyl halides is 3. The van der Waals surface area contributed by atoms with Crippen LogP contribution in [0.25, 0.3) is 0 Å². The zero-order chi connectivity index (χ0) is 13.9. The van der Waals surface area contributed by atoms with Crippen LogP contribution in [0.2, 0.25) is 0 Å². The average molecular weight is 272 g/mol. The predicted molar refractivity (Wildman–Crippen MR) is 69.9 cm³/mol. The molecule has 106 valence electrons. The van der Waals surface area contributed by atoms with Gasteiger partial charge in [0.2, 0.25) is 0 Å². The van der Waals surface area contributed by atoms with Crippen LogP contribution in [-0.4, -0.2) is 12.6 Å². The van der Waals surface area contributed by atoms with Crippen molar-refractivity contribution in [3.8, 4) is 0 Å². The van der Waals surface area contributed by atoms with Crippen molar-refractivity contribution in [1.82, 2.24) is 0 Å². The molecule has 0 aliphatic heterocycles. The van der Waals surface area contributed by atoms with Crippen molar-refractivity contribution in [1.29, 1.82) is 0 Å². The molecule has 1 aromatic rings. The van der Waals surface area contributed by atoms with E-state index in [1.807, 2.05) is 0 Å². The first-order valence-corrected chi connectivity index (χ1v) is 6.62. The van der Waals surface area contributed by atoms with Crippen molar-refractivity contribution in [2.75, 3.05) is 11.9 Å². The van der Waals surface area contributed by atoms with Crippen molar-refractivity contribution in [3.63, 3.8) is 0 Å². The van der Waals surface area contributed by atoms with E-state index in [4.69, 9.17) is 5.73 Å². The molecule has 0 saturated heterocycles. The van der Waals surface area contributed by atoms with Gasteiger partial charge >= 0.3 is 6.18 Å². The molecule has 0 bridgehead atoms. The standard InChI is InChI=1S/C14H19F3N2/c15-14(16,17)12-3-1-2-4-13(12)19-9-10-5-7-11(18)8-6-10/h1-4,10-11,19H,5-9,18H2/t10-,11-. The highest BCUT2D eigenvalue weighted by Crippen LogP contribution is 2.35. The van der Waals surface area contributed by atoms with E-state index < -0.39 is 11.7 Å². The van der Waals surface area contributed by atoms with Gasteiger partial charge in [-0.1, -0.05) is 12.1 Å². The molecule has 1 fully saturated rings. The monoisotopic (exact) mass is 272 g/mol. The minimum atomic E-state index is -4.31. The van der Waals surface area contributed by atoms with Gasteiger partial charge in [-0.05, 0) is 43.7 Å². The van der Waals surface area contributed by atoms with Crippen molar-refractivity contribution in [3.05, 3.63) is 29.8 Å². The Hall–Kier alpha value is -1.23. The van der Waals surface area contributed by atoms with Crippen LogP contribution in [0.4, 0.5) is 18.9 Å². The van der Waals surface area contributed by atoms with Crippen LogP contribution in [-0.2, 0) is 6.18 Å². The molecule has 0 heterocycles. The van der Waals surface area contributed by atoms with Gasteiger partial charge in [-0.3, -0.25) is 0 Å². The van der Waals surface area contributed by atoms with E-state index in [-0.39, 0.29) is 11.7 Å². The highest BCUT2D eigenvalue weighted by molar-refractivity contribution is 5.52. The van der Waals surface area contributed by atoms with Crippen LogP contribution < -0.4 is 11.1 Å². The molecule has 19 heavy (non-hydrogen) atoms. The van der Waals surface area contributed by atoms with Crippen LogP contribution in [0, 0.1) is 5.92 Å². The van der Waals surface area contributed by atoms with Crippen LogP contribution in [0.5, 0.6) is 0 Å². The second-order valence-corrected chi connectivity index (χ2v) is 5.21. The van der Waals surface area contributed by atoms with E-state index in [0.717, 1.165) is 31.7 Å². The van der Waals surface area contributed by atoms with Gasteiger partial charge in [0.1, 0.15) is 0 Å². The molecule has 1 aliphatic rings. The summed E-state index contributed by atoms with van der Waals surface area (Å²) in [6, 6.07) is 5.89. The number of rotatable bonds is 3. The molecule has 0 spiro atoms. The minimum absolute atomic E-state index is 0.171. The summed E-state index contributed by atoms with van der Waals surface area (Å²) in [5, 5.41) is 2.94. The van der Waals surface area contributed by atoms with Crippen LogP contribution >= 0.6 is 0 Å². The molecule has 5 heteroatoms. The lowest BCUT2D eigenvalue weighted by Crippen LogP contribution is -2.29. The third kappa shape index (κ3) is 3.86. The molecule has 0 aromatic heterocycles. The summed E-state index contributed by atoms with van der Waals surface area (Å²) in [6.07, 6.45) is -0.399. The molecule has 3 N–H and O–H groups in total. The third-order valence-electron chi connectivity index (χ3n) is 3.71. The Kier molecular flexibility index (Phi) is 4.34. The van der Waals surface area contributed by atoms with Crippen LogP contribution in [0.1, 0.15) is 31.2 Å². The van der Waals surface area contributed by atoms with E-state index >= 15 is 0 Å². The highest BCUT2D eigenvalue weighted by atomic mass is 19.4. The molecule has 0 unspecified atom stereocenters. The minimum Gasteiger partial charge on any atom is -0.384 e. The van der Waals surface area contributed by atoms with Crippen molar-refractivity contribution in [2.24, 2.45) is 11.7 Å². The maximum Gasteiger partial charge on any atom is 0.418 e. The molecule has 1 saturated carbocycles. The number of para-hydroxylation sites is 1. The SMILES string of the molecule is N[C@H]1CC[C@H](CNc2ccccc2C(F)(F)F)CC1. The highest BCUT2D eigenvalue weighted by Gasteiger charge is 2.33. The summed E-state index contributed by atoms with van der Waals surface area (Å²) in [6.45, 7) is 0.583.